The van der Waals surface area contributed by atoms with Crippen LogP contribution in [0.2, 0.25) is 0 Å². The molecule has 2 atom stereocenters. The second-order valence-electron chi connectivity index (χ2n) is 7.44. The van der Waals surface area contributed by atoms with Gasteiger partial charge in [-0.1, -0.05) is 48.5 Å². The molecule has 0 bridgehead atoms. The number of carboxylic acids is 2. The number of fused-ring (bicyclic) bond motifs is 1. The van der Waals surface area contributed by atoms with Crippen LogP contribution >= 0.6 is 0 Å². The Bertz CT molecular complexity index is 937. The van der Waals surface area contributed by atoms with Crippen LogP contribution in [0, 0.1) is 5.92 Å². The maximum Gasteiger partial charge on any atom is 1.00 e. The largest absolute Gasteiger partial charge is 1.00 e. The number of carbonyl (C=O) groups is 3. The number of nitrogens with zero attached hydrogens (tertiary/aromatic N) is 2. The average molecular weight is 458 g/mol. The molecule has 0 saturated carbocycles. The Balaban J connectivity index is 0. The fourth-order valence-corrected chi connectivity index (χ4v) is 3.86. The zero-order valence-electron chi connectivity index (χ0n) is 20.9. The summed E-state index contributed by atoms with van der Waals surface area (Å²) in [6.07, 6.45) is 1.22. The van der Waals surface area contributed by atoms with Crippen LogP contribution < -0.4 is 64.0 Å². The number of para-hydroxylation sites is 1. The maximum absolute atomic E-state index is 13.3. The smallest absolute Gasteiger partial charge is 1.00 e. The Morgan fingerprint density at radius 3 is 2.28 bits per heavy atom. The van der Waals surface area contributed by atoms with Gasteiger partial charge in [-0.2, -0.15) is 0 Å². The molecule has 1 aliphatic rings. The topological polar surface area (TPSA) is 98.2 Å². The molecule has 162 valence electrons. The van der Waals surface area contributed by atoms with Crippen molar-refractivity contribution in [2.24, 2.45) is 5.92 Å². The Morgan fingerprint density at radius 1 is 1.06 bits per heavy atom. The first-order chi connectivity index (χ1) is 14.4. The summed E-state index contributed by atoms with van der Waals surface area (Å²) < 4.78 is 0. The summed E-state index contributed by atoms with van der Waals surface area (Å²) in [5.41, 5.74) is 2.41. The van der Waals surface area contributed by atoms with Gasteiger partial charge in [-0.05, 0) is 37.0 Å². The molecule has 1 unspecified atom stereocenters. The number of aliphatic carboxylic acids is 2. The minimum Gasteiger partial charge on any atom is -1.00 e. The van der Waals surface area contributed by atoms with Gasteiger partial charge in [0.05, 0.1) is 5.92 Å². The molecule has 2 aromatic carbocycles. The van der Waals surface area contributed by atoms with Crippen LogP contribution in [0.3, 0.4) is 0 Å². The van der Waals surface area contributed by atoms with E-state index in [1.807, 2.05) is 42.5 Å². The van der Waals surface area contributed by atoms with Gasteiger partial charge in [-0.3, -0.25) is 9.69 Å². The summed E-state index contributed by atoms with van der Waals surface area (Å²) in [5, 5.41) is 19.3. The first kappa shape index (κ1) is 28.7. The molecule has 1 aliphatic heterocycles. The van der Waals surface area contributed by atoms with Gasteiger partial charge in [0.25, 0.3) is 0 Å². The van der Waals surface area contributed by atoms with Crippen molar-refractivity contribution in [2.45, 2.75) is 32.2 Å². The Kier molecular flexibility index (Phi) is 12.0. The Labute approximate surface area is 235 Å². The van der Waals surface area contributed by atoms with Gasteiger partial charge in [0, 0.05) is 25.2 Å². The van der Waals surface area contributed by atoms with Crippen LogP contribution in [-0.2, 0) is 22.4 Å². The minimum atomic E-state index is -1.07. The normalized spacial score (nSPS) is 15.0. The van der Waals surface area contributed by atoms with E-state index in [4.69, 9.17) is 0 Å². The molecular weight excluding hydrogens is 430 g/mol. The van der Waals surface area contributed by atoms with Gasteiger partial charge < -0.3 is 18.0 Å². The molecule has 0 spiro atoms. The number of urea groups is 1. The number of hydrogen-bond donors (Lipinski definition) is 2. The van der Waals surface area contributed by atoms with Crippen molar-refractivity contribution in [2.75, 3.05) is 18.0 Å². The van der Waals surface area contributed by atoms with Gasteiger partial charge >= 0.3 is 77.1 Å². The summed E-state index contributed by atoms with van der Waals surface area (Å²) >= 11 is 0. The maximum atomic E-state index is 13.3. The van der Waals surface area contributed by atoms with Crippen LogP contribution in [-0.4, -0.2) is 52.2 Å². The van der Waals surface area contributed by atoms with E-state index in [1.165, 1.54) is 9.80 Å². The third kappa shape index (κ3) is 6.83. The molecule has 0 aromatic heterocycles. The molecule has 9 heteroatoms. The Morgan fingerprint density at radius 2 is 1.69 bits per heavy atom. The van der Waals surface area contributed by atoms with Crippen LogP contribution in [0.5, 0.6) is 0 Å². The fourth-order valence-electron chi connectivity index (χ4n) is 3.86. The summed E-state index contributed by atoms with van der Waals surface area (Å²) in [6.45, 7) is 2.09. The van der Waals surface area contributed by atoms with E-state index in [-0.39, 0.29) is 74.9 Å². The van der Waals surface area contributed by atoms with Gasteiger partial charge in [-0.25, -0.2) is 9.59 Å². The first-order valence-electron chi connectivity index (χ1n) is 10.1. The number of carbonyl (C=O) groups excluding carboxylic acids is 1. The number of amides is 2. The summed E-state index contributed by atoms with van der Waals surface area (Å²) in [6, 6.07) is 15.3. The molecule has 0 radical (unpaired) electrons. The molecule has 2 aromatic rings. The van der Waals surface area contributed by atoms with Crippen molar-refractivity contribution in [3.63, 3.8) is 0 Å². The van der Waals surface area contributed by atoms with E-state index >= 15 is 0 Å². The number of rotatable bonds is 8. The van der Waals surface area contributed by atoms with Gasteiger partial charge in [0.15, 0.2) is 0 Å². The van der Waals surface area contributed by atoms with E-state index in [0.29, 0.717) is 25.1 Å². The molecule has 0 saturated heterocycles. The molecule has 2 amide bonds. The summed E-state index contributed by atoms with van der Waals surface area (Å²) in [7, 11) is 0. The number of aryl methyl sites for hydroxylation is 1. The second-order valence-corrected chi connectivity index (χ2v) is 7.44. The SMILES string of the molecule is CCN(C[C@H](CCc1ccccc1)C(=O)O)C(=O)N1c2ccccc2CC1C(=O)O.[H-].[H-].[Na+].[Na+]. The average Bonchev–Trinajstić information content (AvgIpc) is 3.14. The predicted octanol–water partition coefficient (Wildman–Crippen LogP) is -2.49. The molecule has 3 rings (SSSR count). The summed E-state index contributed by atoms with van der Waals surface area (Å²) in [5.74, 6) is -2.78. The summed E-state index contributed by atoms with van der Waals surface area (Å²) in [4.78, 5) is 39.6. The molecule has 7 nitrogen and oxygen atoms in total. The van der Waals surface area contributed by atoms with E-state index in [0.717, 1.165) is 11.1 Å². The minimum absolute atomic E-state index is 0. The molecule has 0 aliphatic carbocycles. The van der Waals surface area contributed by atoms with Crippen LogP contribution in [0.15, 0.2) is 54.6 Å². The van der Waals surface area contributed by atoms with Crippen molar-refractivity contribution in [1.82, 2.24) is 4.90 Å². The molecular formula is C23H28N2Na2O5. The van der Waals surface area contributed by atoms with Gasteiger partial charge in [0.2, 0.25) is 0 Å². The fraction of sp³-hybridized carbons (Fsp3) is 0.348. The monoisotopic (exact) mass is 458 g/mol. The third-order valence-corrected chi connectivity index (χ3v) is 5.53. The zero-order valence-corrected chi connectivity index (χ0v) is 22.9. The number of carboxylic acid groups (broad SMARTS) is 2. The Hall–Kier alpha value is -1.35. The van der Waals surface area contributed by atoms with E-state index in [2.05, 4.69) is 0 Å². The number of benzene rings is 2. The van der Waals surface area contributed by atoms with Crippen molar-refractivity contribution in [3.05, 3.63) is 65.7 Å². The first-order valence-corrected chi connectivity index (χ1v) is 10.1. The third-order valence-electron chi connectivity index (χ3n) is 5.53. The van der Waals surface area contributed by atoms with Crippen LogP contribution in [0.25, 0.3) is 0 Å². The van der Waals surface area contributed by atoms with E-state index in [9.17, 15) is 24.6 Å². The standard InChI is InChI=1S/C23H26N2O5.2Na.2H/c1-2-24(15-18(21(26)27)13-12-16-8-4-3-5-9-16)23(30)25-19-11-7-6-10-17(19)14-20(25)22(28)29;;;;/h3-11,18,20H,2,12-15H2,1H3,(H,26,27)(H,28,29);;;;/q;2*+1;2*-1/t18-,20?;;;;/m0..../s1. The van der Waals surface area contributed by atoms with Crippen molar-refractivity contribution >= 4 is 23.7 Å². The molecule has 0 fully saturated rings. The molecule has 32 heavy (non-hydrogen) atoms. The van der Waals surface area contributed by atoms with E-state index < -0.39 is 29.9 Å². The van der Waals surface area contributed by atoms with Crippen LogP contribution in [0.4, 0.5) is 10.5 Å². The quantitative estimate of drug-likeness (QED) is 0.427. The van der Waals surface area contributed by atoms with Crippen molar-refractivity contribution < 1.29 is 86.6 Å². The van der Waals surface area contributed by atoms with Gasteiger partial charge in [0.1, 0.15) is 6.04 Å². The number of anilines is 1. The van der Waals surface area contributed by atoms with Gasteiger partial charge in [-0.15, -0.1) is 0 Å². The zero-order chi connectivity index (χ0) is 21.7. The van der Waals surface area contributed by atoms with Crippen LogP contribution in [0.1, 0.15) is 27.3 Å². The second kappa shape index (κ2) is 13.4. The predicted molar refractivity (Wildman–Crippen MR) is 115 cm³/mol. The van der Waals surface area contributed by atoms with Crippen molar-refractivity contribution in [1.29, 1.82) is 0 Å². The van der Waals surface area contributed by atoms with E-state index in [1.54, 1.807) is 19.1 Å². The molecule has 2 N–H and O–H groups in total. The van der Waals surface area contributed by atoms with Crippen molar-refractivity contribution in [3.8, 4) is 0 Å². The number of hydrogen-bond acceptors (Lipinski definition) is 3. The molecule has 1 heterocycles.